The molecule has 0 saturated heterocycles. The van der Waals surface area contributed by atoms with E-state index in [-0.39, 0.29) is 5.97 Å². The SMILES string of the molecule is CCOC(=O)/C=C1\C/C=C\C[CH]Cc2ccccc2C1. The number of hydrogen-bond acceptors (Lipinski definition) is 2. The molecule has 0 saturated carbocycles. The Labute approximate surface area is 121 Å². The van der Waals surface area contributed by atoms with Crippen LogP contribution in [-0.2, 0) is 22.4 Å². The van der Waals surface area contributed by atoms with Crippen molar-refractivity contribution in [1.82, 2.24) is 0 Å². The van der Waals surface area contributed by atoms with Gasteiger partial charge in [0.25, 0.3) is 0 Å². The van der Waals surface area contributed by atoms with E-state index in [1.165, 1.54) is 11.1 Å². The van der Waals surface area contributed by atoms with E-state index in [9.17, 15) is 4.79 Å². The lowest BCUT2D eigenvalue weighted by atomic mass is 9.93. The van der Waals surface area contributed by atoms with Crippen molar-refractivity contribution in [3.8, 4) is 0 Å². The molecule has 0 N–H and O–H groups in total. The number of benzene rings is 1. The highest BCUT2D eigenvalue weighted by molar-refractivity contribution is 5.82. The second-order valence-corrected chi connectivity index (χ2v) is 4.90. The first-order chi connectivity index (χ1) is 9.79. The first-order valence-electron chi connectivity index (χ1n) is 7.19. The van der Waals surface area contributed by atoms with Crippen molar-refractivity contribution < 1.29 is 9.53 Å². The quantitative estimate of drug-likeness (QED) is 0.463. The van der Waals surface area contributed by atoms with Gasteiger partial charge in [0.2, 0.25) is 0 Å². The Morgan fingerprint density at radius 1 is 1.20 bits per heavy atom. The predicted molar refractivity (Wildman–Crippen MR) is 81.2 cm³/mol. The van der Waals surface area contributed by atoms with Gasteiger partial charge in [-0.1, -0.05) is 42.0 Å². The molecule has 1 aliphatic carbocycles. The summed E-state index contributed by atoms with van der Waals surface area (Å²) >= 11 is 0. The van der Waals surface area contributed by atoms with E-state index >= 15 is 0 Å². The molecular weight excluding hydrogens is 248 g/mol. The van der Waals surface area contributed by atoms with Gasteiger partial charge in [0, 0.05) is 6.08 Å². The minimum Gasteiger partial charge on any atom is -0.463 e. The molecule has 0 fully saturated rings. The van der Waals surface area contributed by atoms with Gasteiger partial charge < -0.3 is 4.74 Å². The summed E-state index contributed by atoms with van der Waals surface area (Å²) < 4.78 is 5.02. The Bertz CT molecular complexity index is 512. The summed E-state index contributed by atoms with van der Waals surface area (Å²) in [5.41, 5.74) is 3.75. The van der Waals surface area contributed by atoms with Crippen molar-refractivity contribution in [3.63, 3.8) is 0 Å². The molecule has 0 bridgehead atoms. The average molecular weight is 269 g/mol. The number of ether oxygens (including phenoxy) is 1. The molecule has 2 heteroatoms. The minimum atomic E-state index is -0.239. The number of carbonyl (C=O) groups is 1. The first kappa shape index (κ1) is 14.6. The van der Waals surface area contributed by atoms with Gasteiger partial charge in [-0.15, -0.1) is 0 Å². The topological polar surface area (TPSA) is 26.3 Å². The molecular formula is C18H21O2. The minimum absolute atomic E-state index is 0.239. The molecule has 2 rings (SSSR count). The maximum atomic E-state index is 11.6. The molecule has 2 nitrogen and oxygen atoms in total. The summed E-state index contributed by atoms with van der Waals surface area (Å²) in [6, 6.07) is 8.44. The summed E-state index contributed by atoms with van der Waals surface area (Å²) in [5.74, 6) is -0.239. The Morgan fingerprint density at radius 3 is 2.80 bits per heavy atom. The Morgan fingerprint density at radius 2 is 2.00 bits per heavy atom. The number of hydrogen-bond donors (Lipinski definition) is 0. The smallest absolute Gasteiger partial charge is 0.330 e. The second-order valence-electron chi connectivity index (χ2n) is 4.90. The van der Waals surface area contributed by atoms with E-state index in [2.05, 4.69) is 42.8 Å². The molecule has 1 aromatic rings. The van der Waals surface area contributed by atoms with E-state index in [4.69, 9.17) is 4.74 Å². The van der Waals surface area contributed by atoms with Crippen LogP contribution in [0.4, 0.5) is 0 Å². The van der Waals surface area contributed by atoms with Crippen LogP contribution >= 0.6 is 0 Å². The Balaban J connectivity index is 2.23. The van der Waals surface area contributed by atoms with Crippen LogP contribution in [0.2, 0.25) is 0 Å². The fourth-order valence-electron chi connectivity index (χ4n) is 2.37. The molecule has 0 amide bonds. The lowest BCUT2D eigenvalue weighted by Crippen LogP contribution is -2.04. The largest absolute Gasteiger partial charge is 0.463 e. The van der Waals surface area contributed by atoms with Crippen molar-refractivity contribution in [2.24, 2.45) is 0 Å². The zero-order chi connectivity index (χ0) is 14.2. The van der Waals surface area contributed by atoms with Gasteiger partial charge in [0.1, 0.15) is 0 Å². The van der Waals surface area contributed by atoms with E-state index in [1.807, 2.05) is 6.92 Å². The third-order valence-electron chi connectivity index (χ3n) is 3.36. The number of carbonyl (C=O) groups excluding carboxylic acids is 1. The summed E-state index contributed by atoms with van der Waals surface area (Å²) in [7, 11) is 0. The average Bonchev–Trinajstić information content (AvgIpc) is 2.44. The Kier molecular flexibility index (Phi) is 5.60. The van der Waals surface area contributed by atoms with E-state index in [1.54, 1.807) is 6.08 Å². The van der Waals surface area contributed by atoms with Crippen LogP contribution in [-0.4, -0.2) is 12.6 Å². The van der Waals surface area contributed by atoms with E-state index in [0.717, 1.165) is 31.3 Å². The van der Waals surface area contributed by atoms with Crippen molar-refractivity contribution in [1.29, 1.82) is 0 Å². The molecule has 1 aromatic carbocycles. The van der Waals surface area contributed by atoms with Crippen LogP contribution in [0.3, 0.4) is 0 Å². The van der Waals surface area contributed by atoms with Crippen LogP contribution in [0.1, 0.15) is 30.9 Å². The third-order valence-corrected chi connectivity index (χ3v) is 3.36. The molecule has 0 unspecified atom stereocenters. The van der Waals surface area contributed by atoms with Gasteiger partial charge in [-0.3, -0.25) is 0 Å². The van der Waals surface area contributed by atoms with Crippen molar-refractivity contribution in [2.45, 2.75) is 32.6 Å². The fourth-order valence-corrected chi connectivity index (χ4v) is 2.37. The van der Waals surface area contributed by atoms with Crippen molar-refractivity contribution in [2.75, 3.05) is 6.61 Å². The molecule has 0 spiro atoms. The summed E-state index contributed by atoms with van der Waals surface area (Å²) in [4.78, 5) is 11.6. The lowest BCUT2D eigenvalue weighted by Gasteiger charge is -2.12. The van der Waals surface area contributed by atoms with Crippen LogP contribution in [0.25, 0.3) is 0 Å². The molecule has 1 radical (unpaired) electrons. The number of rotatable bonds is 2. The van der Waals surface area contributed by atoms with Gasteiger partial charge in [0.05, 0.1) is 6.61 Å². The lowest BCUT2D eigenvalue weighted by molar-refractivity contribution is -0.137. The van der Waals surface area contributed by atoms with Gasteiger partial charge >= 0.3 is 5.97 Å². The first-order valence-corrected chi connectivity index (χ1v) is 7.19. The van der Waals surface area contributed by atoms with Crippen molar-refractivity contribution >= 4 is 5.97 Å². The van der Waals surface area contributed by atoms with Gasteiger partial charge in [0.15, 0.2) is 0 Å². The number of fused-ring (bicyclic) bond motifs is 1. The number of allylic oxidation sites excluding steroid dienone is 3. The molecule has 20 heavy (non-hydrogen) atoms. The molecule has 0 aromatic heterocycles. The van der Waals surface area contributed by atoms with Gasteiger partial charge in [-0.25, -0.2) is 4.79 Å². The zero-order valence-corrected chi connectivity index (χ0v) is 12.0. The normalized spacial score (nSPS) is 19.1. The van der Waals surface area contributed by atoms with Crippen molar-refractivity contribution in [3.05, 3.63) is 65.6 Å². The number of esters is 1. The second kappa shape index (κ2) is 7.68. The van der Waals surface area contributed by atoms with Crippen LogP contribution in [0.5, 0.6) is 0 Å². The van der Waals surface area contributed by atoms with Crippen LogP contribution in [0, 0.1) is 6.42 Å². The van der Waals surface area contributed by atoms with Gasteiger partial charge in [-0.2, -0.15) is 0 Å². The molecule has 0 aliphatic heterocycles. The molecule has 0 atom stereocenters. The third kappa shape index (κ3) is 4.37. The highest BCUT2D eigenvalue weighted by Gasteiger charge is 2.08. The van der Waals surface area contributed by atoms with E-state index in [0.29, 0.717) is 6.61 Å². The molecule has 105 valence electrons. The predicted octanol–water partition coefficient (Wildman–Crippen LogP) is 3.82. The molecule has 0 heterocycles. The van der Waals surface area contributed by atoms with Crippen LogP contribution in [0.15, 0.2) is 48.1 Å². The standard InChI is InChI=1S/C18H21O2/c1-2-20-18(19)14-15-9-5-3-4-6-10-16-11-7-8-12-17(16)13-15/h3,5-8,11-12,14H,2,4,9-10,13H2,1H3/b5-3-,15-14+. The fraction of sp³-hybridized carbons (Fsp3) is 0.333. The zero-order valence-electron chi connectivity index (χ0n) is 12.0. The summed E-state index contributed by atoms with van der Waals surface area (Å²) in [6.07, 6.45) is 11.8. The Hall–Kier alpha value is -1.83. The summed E-state index contributed by atoms with van der Waals surface area (Å²) in [6.45, 7) is 2.25. The highest BCUT2D eigenvalue weighted by atomic mass is 16.5. The maximum Gasteiger partial charge on any atom is 0.330 e. The summed E-state index contributed by atoms with van der Waals surface area (Å²) in [5, 5.41) is 0. The van der Waals surface area contributed by atoms with Gasteiger partial charge in [-0.05, 0) is 50.2 Å². The highest BCUT2D eigenvalue weighted by Crippen LogP contribution is 2.20. The van der Waals surface area contributed by atoms with E-state index < -0.39 is 0 Å². The monoisotopic (exact) mass is 269 g/mol. The van der Waals surface area contributed by atoms with Crippen LogP contribution < -0.4 is 0 Å². The maximum absolute atomic E-state index is 11.6. The molecule has 1 aliphatic rings.